The Labute approximate surface area is 198 Å². The minimum absolute atomic E-state index is 0.266. The van der Waals surface area contributed by atoms with Crippen molar-refractivity contribution in [3.8, 4) is 22.8 Å². The maximum Gasteiger partial charge on any atom is 0.175 e. The summed E-state index contributed by atoms with van der Waals surface area (Å²) in [6.45, 7) is 0.761. The molecule has 1 heterocycles. The highest BCUT2D eigenvalue weighted by molar-refractivity contribution is 7.90. The molecule has 4 aromatic rings. The Morgan fingerprint density at radius 3 is 2.18 bits per heavy atom. The number of rotatable bonds is 8. The summed E-state index contributed by atoms with van der Waals surface area (Å²) in [6.07, 6.45) is 3.09. The number of imidazole rings is 1. The van der Waals surface area contributed by atoms with E-state index in [-0.39, 0.29) is 4.90 Å². The summed E-state index contributed by atoms with van der Waals surface area (Å²) >= 11 is 6.06. The molecule has 33 heavy (non-hydrogen) atoms. The van der Waals surface area contributed by atoms with Crippen LogP contribution in [0.1, 0.15) is 11.3 Å². The van der Waals surface area contributed by atoms with Gasteiger partial charge in [0.1, 0.15) is 11.6 Å². The molecule has 4 rings (SSSR count). The number of sulfone groups is 1. The van der Waals surface area contributed by atoms with Gasteiger partial charge in [-0.3, -0.25) is 4.57 Å². The van der Waals surface area contributed by atoms with Crippen LogP contribution in [0, 0.1) is 0 Å². The number of hydrogen-bond acceptors (Lipinski definition) is 5. The van der Waals surface area contributed by atoms with Gasteiger partial charge >= 0.3 is 0 Å². The lowest BCUT2D eigenvalue weighted by Gasteiger charge is -2.09. The van der Waals surface area contributed by atoms with E-state index in [1.807, 2.05) is 59.3 Å². The fourth-order valence-corrected chi connectivity index (χ4v) is 4.10. The quantitative estimate of drug-likeness (QED) is 0.340. The molecule has 0 bridgehead atoms. The fraction of sp³-hybridized carbons (Fsp3) is 0.160. The number of aromatic nitrogens is 2. The molecule has 0 radical (unpaired) electrons. The summed E-state index contributed by atoms with van der Waals surface area (Å²) in [5, 5.41) is 0.636. The third kappa shape index (κ3) is 5.63. The van der Waals surface area contributed by atoms with Crippen LogP contribution in [0.15, 0.2) is 83.9 Å². The van der Waals surface area contributed by atoms with E-state index in [0.29, 0.717) is 24.1 Å². The van der Waals surface area contributed by atoms with Crippen LogP contribution in [0.2, 0.25) is 5.02 Å². The van der Waals surface area contributed by atoms with Gasteiger partial charge in [0.15, 0.2) is 9.84 Å². The minimum atomic E-state index is -3.27. The fourth-order valence-electron chi connectivity index (χ4n) is 3.35. The Balaban J connectivity index is 1.60. The minimum Gasteiger partial charge on any atom is -0.497 e. The second-order valence-electron chi connectivity index (χ2n) is 7.54. The molecule has 0 aliphatic carbocycles. The van der Waals surface area contributed by atoms with Crippen molar-refractivity contribution < 1.29 is 17.9 Å². The Morgan fingerprint density at radius 2 is 1.58 bits per heavy atom. The second-order valence-corrected chi connectivity index (χ2v) is 9.99. The summed E-state index contributed by atoms with van der Waals surface area (Å²) in [6, 6.07) is 21.8. The molecule has 0 amide bonds. The van der Waals surface area contributed by atoms with E-state index in [1.54, 1.807) is 31.4 Å². The van der Waals surface area contributed by atoms with Crippen molar-refractivity contribution in [1.82, 2.24) is 9.55 Å². The largest absolute Gasteiger partial charge is 0.497 e. The lowest BCUT2D eigenvalue weighted by atomic mass is 10.2. The molecule has 0 spiro atoms. The van der Waals surface area contributed by atoms with Gasteiger partial charge in [-0.1, -0.05) is 23.7 Å². The van der Waals surface area contributed by atoms with Crippen molar-refractivity contribution in [2.75, 3.05) is 13.4 Å². The second kappa shape index (κ2) is 9.79. The third-order valence-electron chi connectivity index (χ3n) is 5.08. The van der Waals surface area contributed by atoms with Crippen molar-refractivity contribution in [3.05, 3.63) is 95.3 Å². The molecule has 8 heteroatoms. The van der Waals surface area contributed by atoms with E-state index in [4.69, 9.17) is 26.1 Å². The van der Waals surface area contributed by atoms with Crippen LogP contribution in [-0.4, -0.2) is 31.3 Å². The number of halogens is 1. The lowest BCUT2D eigenvalue weighted by Crippen LogP contribution is -1.99. The average molecular weight is 483 g/mol. The van der Waals surface area contributed by atoms with Gasteiger partial charge in [-0.05, 0) is 66.2 Å². The predicted molar refractivity (Wildman–Crippen MR) is 129 cm³/mol. The third-order valence-corrected chi connectivity index (χ3v) is 6.46. The molecular formula is C25H23ClN2O4S. The maximum atomic E-state index is 11.8. The van der Waals surface area contributed by atoms with E-state index >= 15 is 0 Å². The van der Waals surface area contributed by atoms with Crippen molar-refractivity contribution in [3.63, 3.8) is 0 Å². The Hall–Kier alpha value is -3.13. The van der Waals surface area contributed by atoms with Crippen LogP contribution in [0.5, 0.6) is 5.75 Å². The average Bonchev–Trinajstić information content (AvgIpc) is 3.24. The first-order valence-electron chi connectivity index (χ1n) is 10.2. The Kier molecular flexibility index (Phi) is 6.83. The van der Waals surface area contributed by atoms with Gasteiger partial charge in [0.05, 0.1) is 30.9 Å². The van der Waals surface area contributed by atoms with Gasteiger partial charge in [0, 0.05) is 28.7 Å². The van der Waals surface area contributed by atoms with Crippen molar-refractivity contribution in [1.29, 1.82) is 0 Å². The standard InChI is InChI=1S/C25H23ClN2O4S/c1-31-23-11-3-18(4-12-23)16-32-17-21-15-28(22-9-13-24(14-10-22)33(2,29)30)25(27-21)19-5-7-20(26)8-6-19/h3-15H,16-17H2,1-2H3. The van der Waals surface area contributed by atoms with Crippen LogP contribution >= 0.6 is 11.6 Å². The highest BCUT2D eigenvalue weighted by atomic mass is 35.5. The van der Waals surface area contributed by atoms with E-state index in [2.05, 4.69) is 0 Å². The first-order valence-corrected chi connectivity index (χ1v) is 12.5. The SMILES string of the molecule is COc1ccc(COCc2cn(-c3ccc(S(C)(=O)=O)cc3)c(-c3ccc(Cl)cc3)n2)cc1. The molecule has 3 aromatic carbocycles. The number of nitrogens with zero attached hydrogens (tertiary/aromatic N) is 2. The monoisotopic (exact) mass is 482 g/mol. The molecule has 0 fully saturated rings. The van der Waals surface area contributed by atoms with Crippen LogP contribution in [-0.2, 0) is 27.8 Å². The van der Waals surface area contributed by atoms with Gasteiger partial charge in [-0.2, -0.15) is 0 Å². The first kappa shape index (κ1) is 23.0. The van der Waals surface area contributed by atoms with Crippen molar-refractivity contribution in [2.45, 2.75) is 18.1 Å². The van der Waals surface area contributed by atoms with Crippen LogP contribution in [0.3, 0.4) is 0 Å². The summed E-state index contributed by atoms with van der Waals surface area (Å²) in [7, 11) is -1.64. The number of hydrogen-bond donors (Lipinski definition) is 0. The molecule has 0 unspecified atom stereocenters. The summed E-state index contributed by atoms with van der Waals surface area (Å²) in [5.41, 5.74) is 3.46. The lowest BCUT2D eigenvalue weighted by molar-refractivity contribution is 0.105. The highest BCUT2D eigenvalue weighted by Gasteiger charge is 2.14. The summed E-state index contributed by atoms with van der Waals surface area (Å²) in [4.78, 5) is 5.04. The maximum absolute atomic E-state index is 11.8. The van der Waals surface area contributed by atoms with Gasteiger partial charge in [-0.15, -0.1) is 0 Å². The van der Waals surface area contributed by atoms with E-state index in [0.717, 1.165) is 28.3 Å². The molecule has 0 aliphatic rings. The smallest absolute Gasteiger partial charge is 0.175 e. The van der Waals surface area contributed by atoms with Gasteiger partial charge in [-0.25, -0.2) is 13.4 Å². The van der Waals surface area contributed by atoms with Gasteiger partial charge in [0.25, 0.3) is 0 Å². The molecule has 0 N–H and O–H groups in total. The van der Waals surface area contributed by atoms with E-state index in [1.165, 1.54) is 6.26 Å². The molecular weight excluding hydrogens is 460 g/mol. The molecule has 0 saturated heterocycles. The predicted octanol–water partition coefficient (Wildman–Crippen LogP) is 5.32. The van der Waals surface area contributed by atoms with E-state index < -0.39 is 9.84 Å². The van der Waals surface area contributed by atoms with Gasteiger partial charge in [0.2, 0.25) is 0 Å². The summed E-state index contributed by atoms with van der Waals surface area (Å²) < 4.78 is 36.6. The zero-order valence-corrected chi connectivity index (χ0v) is 19.8. The van der Waals surface area contributed by atoms with Crippen LogP contribution < -0.4 is 4.74 Å². The molecule has 0 saturated carbocycles. The number of methoxy groups -OCH3 is 1. The van der Waals surface area contributed by atoms with Crippen LogP contribution in [0.25, 0.3) is 17.1 Å². The van der Waals surface area contributed by atoms with Crippen molar-refractivity contribution >= 4 is 21.4 Å². The van der Waals surface area contributed by atoms with Crippen LogP contribution in [0.4, 0.5) is 0 Å². The molecule has 0 aliphatic heterocycles. The molecule has 6 nitrogen and oxygen atoms in total. The Morgan fingerprint density at radius 1 is 0.909 bits per heavy atom. The van der Waals surface area contributed by atoms with E-state index in [9.17, 15) is 8.42 Å². The number of benzene rings is 3. The summed E-state index contributed by atoms with van der Waals surface area (Å²) in [5.74, 6) is 1.51. The molecule has 1 aromatic heterocycles. The highest BCUT2D eigenvalue weighted by Crippen LogP contribution is 2.26. The number of ether oxygens (including phenoxy) is 2. The topological polar surface area (TPSA) is 70.4 Å². The molecule has 170 valence electrons. The normalized spacial score (nSPS) is 11.5. The Bertz CT molecular complexity index is 1330. The first-order chi connectivity index (χ1) is 15.8. The molecule has 0 atom stereocenters. The zero-order chi connectivity index (χ0) is 23.4. The van der Waals surface area contributed by atoms with Gasteiger partial charge < -0.3 is 9.47 Å². The van der Waals surface area contributed by atoms with Crippen molar-refractivity contribution in [2.24, 2.45) is 0 Å². The zero-order valence-electron chi connectivity index (χ0n) is 18.2.